The minimum Gasteiger partial charge on any atom is -0.508 e. The number of amidine groups is 1. The number of aryl methyl sites for hydroxylation is 4. The number of hydrogen-bond donors (Lipinski definition) is 1. The molecule has 4 aromatic carbocycles. The zero-order chi connectivity index (χ0) is 25.5. The van der Waals surface area contributed by atoms with Gasteiger partial charge in [-0.15, -0.1) is 0 Å². The summed E-state index contributed by atoms with van der Waals surface area (Å²) in [6.07, 6.45) is 0. The Kier molecular flexibility index (Phi) is 8.50. The maximum atomic E-state index is 10.1. The van der Waals surface area contributed by atoms with Crippen molar-refractivity contribution in [2.45, 2.75) is 52.2 Å². The van der Waals surface area contributed by atoms with Crippen molar-refractivity contribution in [3.05, 3.63) is 130 Å². The second kappa shape index (κ2) is 12.0. The Morgan fingerprint density at radius 1 is 0.694 bits per heavy atom. The summed E-state index contributed by atoms with van der Waals surface area (Å²) >= 11 is 1.71. The molecule has 0 amide bonds. The van der Waals surface area contributed by atoms with Crippen molar-refractivity contribution in [1.82, 2.24) is 4.90 Å². The first-order valence-corrected chi connectivity index (χ1v) is 13.1. The first kappa shape index (κ1) is 25.6. The highest BCUT2D eigenvalue weighted by Gasteiger charge is 2.17. The highest BCUT2D eigenvalue weighted by atomic mass is 32.2. The number of nitrogens with zero attached hydrogens (tertiary/aromatic N) is 2. The summed E-state index contributed by atoms with van der Waals surface area (Å²) in [5.74, 6) is 0.281. The third-order valence-corrected chi connectivity index (χ3v) is 7.31. The smallest absolute Gasteiger partial charge is 0.165 e. The van der Waals surface area contributed by atoms with Crippen molar-refractivity contribution in [3.63, 3.8) is 0 Å². The Labute approximate surface area is 219 Å². The van der Waals surface area contributed by atoms with Crippen LogP contribution in [0.5, 0.6) is 5.75 Å². The standard InChI is InChI=1S/C32H34N2OS/c1-23-11-14-27(15-12-23)21-34(22-29-9-6-10-30(35)19-29)32(33-20-28-8-5-7-24(2)18-28)36-31-16-13-25(3)17-26(31)4/h5-19,35H,20-22H2,1-4H3. The molecule has 3 nitrogen and oxygen atoms in total. The molecule has 184 valence electrons. The fourth-order valence-electron chi connectivity index (χ4n) is 4.16. The van der Waals surface area contributed by atoms with Crippen LogP contribution in [0.2, 0.25) is 0 Å². The van der Waals surface area contributed by atoms with Crippen molar-refractivity contribution in [1.29, 1.82) is 0 Å². The molecule has 4 rings (SSSR count). The van der Waals surface area contributed by atoms with Crippen molar-refractivity contribution >= 4 is 16.9 Å². The summed E-state index contributed by atoms with van der Waals surface area (Å²) in [4.78, 5) is 8.69. The fraction of sp³-hybridized carbons (Fsp3) is 0.219. The molecule has 0 heterocycles. The van der Waals surface area contributed by atoms with Crippen LogP contribution >= 0.6 is 11.8 Å². The van der Waals surface area contributed by atoms with Crippen LogP contribution in [0.3, 0.4) is 0 Å². The third-order valence-electron chi connectivity index (χ3n) is 6.06. The summed E-state index contributed by atoms with van der Waals surface area (Å²) < 4.78 is 0. The number of phenolic OH excluding ortho intramolecular Hbond substituents is 1. The van der Waals surface area contributed by atoms with Crippen LogP contribution in [0.4, 0.5) is 0 Å². The zero-order valence-corrected chi connectivity index (χ0v) is 22.3. The van der Waals surface area contributed by atoms with E-state index >= 15 is 0 Å². The number of rotatable bonds is 7. The van der Waals surface area contributed by atoms with Crippen molar-refractivity contribution < 1.29 is 5.11 Å². The Morgan fingerprint density at radius 2 is 1.36 bits per heavy atom. The predicted molar refractivity (Wildman–Crippen MR) is 153 cm³/mol. The summed E-state index contributed by atoms with van der Waals surface area (Å²) in [5, 5.41) is 11.1. The number of hydrogen-bond acceptors (Lipinski definition) is 3. The van der Waals surface area contributed by atoms with Gasteiger partial charge in [-0.2, -0.15) is 0 Å². The van der Waals surface area contributed by atoms with Gasteiger partial charge in [0.1, 0.15) is 5.75 Å². The molecule has 0 aliphatic rings. The molecule has 0 unspecified atom stereocenters. The lowest BCUT2D eigenvalue weighted by Gasteiger charge is -2.27. The third kappa shape index (κ3) is 7.25. The Balaban J connectivity index is 1.73. The number of phenols is 1. The summed E-state index contributed by atoms with van der Waals surface area (Å²) in [6, 6.07) is 31.3. The van der Waals surface area contributed by atoms with E-state index in [2.05, 4.69) is 105 Å². The Bertz CT molecular complexity index is 1340. The SMILES string of the molecule is Cc1ccc(CN(Cc2cccc(O)c2)C(=NCc2cccc(C)c2)Sc2ccc(C)cc2C)cc1. The first-order valence-electron chi connectivity index (χ1n) is 12.3. The van der Waals surface area contributed by atoms with Crippen LogP contribution in [0.25, 0.3) is 0 Å². The van der Waals surface area contributed by atoms with Gasteiger partial charge in [0.15, 0.2) is 5.17 Å². The molecule has 0 spiro atoms. The summed E-state index contributed by atoms with van der Waals surface area (Å²) in [6.45, 7) is 10.5. The van der Waals surface area contributed by atoms with Gasteiger partial charge >= 0.3 is 0 Å². The molecule has 1 N–H and O–H groups in total. The fourth-order valence-corrected chi connectivity index (χ4v) is 5.10. The molecular weight excluding hydrogens is 460 g/mol. The second-order valence-corrected chi connectivity index (χ2v) is 10.5. The largest absolute Gasteiger partial charge is 0.508 e. The molecule has 36 heavy (non-hydrogen) atoms. The van der Waals surface area contributed by atoms with E-state index in [0.717, 1.165) is 17.3 Å². The minimum absolute atomic E-state index is 0.281. The van der Waals surface area contributed by atoms with Crippen molar-refractivity contribution in [2.24, 2.45) is 4.99 Å². The van der Waals surface area contributed by atoms with E-state index in [1.54, 1.807) is 17.8 Å². The van der Waals surface area contributed by atoms with Gasteiger partial charge in [0.25, 0.3) is 0 Å². The molecule has 0 saturated heterocycles. The molecule has 0 aliphatic heterocycles. The monoisotopic (exact) mass is 494 g/mol. The predicted octanol–water partition coefficient (Wildman–Crippen LogP) is 7.98. The first-order chi connectivity index (χ1) is 17.4. The highest BCUT2D eigenvalue weighted by molar-refractivity contribution is 8.13. The van der Waals surface area contributed by atoms with Crippen LogP contribution in [-0.2, 0) is 19.6 Å². The van der Waals surface area contributed by atoms with E-state index in [-0.39, 0.29) is 5.75 Å². The molecule has 4 heteroatoms. The topological polar surface area (TPSA) is 35.8 Å². The van der Waals surface area contributed by atoms with E-state index < -0.39 is 0 Å². The van der Waals surface area contributed by atoms with Gasteiger partial charge in [-0.1, -0.05) is 101 Å². The summed E-state index contributed by atoms with van der Waals surface area (Å²) in [7, 11) is 0. The van der Waals surface area contributed by atoms with Crippen LogP contribution in [0.1, 0.15) is 38.9 Å². The molecular formula is C32H34N2OS. The molecule has 0 aromatic heterocycles. The van der Waals surface area contributed by atoms with Gasteiger partial charge in [-0.05, 0) is 68.1 Å². The molecule has 0 saturated carbocycles. The molecule has 0 fully saturated rings. The average molecular weight is 495 g/mol. The number of aliphatic imine (C=N–C) groups is 1. The lowest BCUT2D eigenvalue weighted by Crippen LogP contribution is -2.28. The van der Waals surface area contributed by atoms with Gasteiger partial charge < -0.3 is 10.0 Å². The van der Waals surface area contributed by atoms with Gasteiger partial charge in [0.2, 0.25) is 0 Å². The Hall–Kier alpha value is -3.50. The molecule has 4 aromatic rings. The van der Waals surface area contributed by atoms with Crippen LogP contribution in [0.15, 0.2) is 101 Å². The lowest BCUT2D eigenvalue weighted by atomic mass is 10.1. The zero-order valence-electron chi connectivity index (χ0n) is 21.5. The van der Waals surface area contributed by atoms with E-state index in [9.17, 15) is 5.11 Å². The van der Waals surface area contributed by atoms with E-state index in [1.165, 1.54) is 38.3 Å². The minimum atomic E-state index is 0.281. The lowest BCUT2D eigenvalue weighted by molar-refractivity contribution is 0.410. The van der Waals surface area contributed by atoms with Crippen LogP contribution in [0, 0.1) is 27.7 Å². The van der Waals surface area contributed by atoms with Crippen LogP contribution in [-0.4, -0.2) is 15.2 Å². The number of thioether (sulfide) groups is 1. The van der Waals surface area contributed by atoms with Gasteiger partial charge in [0, 0.05) is 18.0 Å². The highest BCUT2D eigenvalue weighted by Crippen LogP contribution is 2.29. The van der Waals surface area contributed by atoms with Crippen LogP contribution < -0.4 is 0 Å². The van der Waals surface area contributed by atoms with Crippen molar-refractivity contribution in [3.8, 4) is 5.75 Å². The average Bonchev–Trinajstić information content (AvgIpc) is 2.84. The molecule has 0 radical (unpaired) electrons. The van der Waals surface area contributed by atoms with Gasteiger partial charge in [-0.25, -0.2) is 0 Å². The number of benzene rings is 4. The van der Waals surface area contributed by atoms with E-state index in [4.69, 9.17) is 4.99 Å². The quantitative estimate of drug-likeness (QED) is 0.161. The van der Waals surface area contributed by atoms with Gasteiger partial charge in [-0.3, -0.25) is 4.99 Å². The van der Waals surface area contributed by atoms with E-state index in [1.807, 2.05) is 12.1 Å². The maximum absolute atomic E-state index is 10.1. The van der Waals surface area contributed by atoms with E-state index in [0.29, 0.717) is 13.1 Å². The molecule has 0 atom stereocenters. The normalized spacial score (nSPS) is 11.5. The van der Waals surface area contributed by atoms with Gasteiger partial charge in [0.05, 0.1) is 6.54 Å². The van der Waals surface area contributed by atoms with Crippen molar-refractivity contribution in [2.75, 3.05) is 0 Å². The molecule has 0 bridgehead atoms. The second-order valence-electron chi connectivity index (χ2n) is 9.47. The Morgan fingerprint density at radius 3 is 2.08 bits per heavy atom. The number of aromatic hydroxyl groups is 1. The molecule has 0 aliphatic carbocycles. The maximum Gasteiger partial charge on any atom is 0.165 e. The summed E-state index contributed by atoms with van der Waals surface area (Å²) in [5.41, 5.74) is 8.46.